The van der Waals surface area contributed by atoms with Crippen LogP contribution in [-0.4, -0.2) is 125 Å². The number of amides is 5. The second-order valence-corrected chi connectivity index (χ2v) is 18.2. The van der Waals surface area contributed by atoms with Crippen molar-refractivity contribution in [2.75, 3.05) is 19.7 Å². The molecule has 382 valence electrons. The van der Waals surface area contributed by atoms with Gasteiger partial charge in [0.15, 0.2) is 12.4 Å². The lowest BCUT2D eigenvalue weighted by Crippen LogP contribution is -2.62. The number of aryl methyl sites for hydroxylation is 2. The molecule has 0 spiro atoms. The third-order valence-corrected chi connectivity index (χ3v) is 12.4. The molecule has 68 heavy (non-hydrogen) atoms. The van der Waals surface area contributed by atoms with Gasteiger partial charge in [0, 0.05) is 19.6 Å². The van der Waals surface area contributed by atoms with Gasteiger partial charge in [-0.25, -0.2) is 0 Å². The van der Waals surface area contributed by atoms with E-state index in [9.17, 15) is 44.4 Å². The quantitative estimate of drug-likeness (QED) is 0.0458. The molecule has 1 saturated heterocycles. The standard InChI is InChI=1S/C50H81N7O11/c1-4-5-6-7-8-9-10-11-12-20-27-67-50-43(61)41(59)42(60)44(68-50)49(66)54-26-19-17-24-39(56-46(63)37(52)31-36-32(2)28-35(58)29-33(36)3)47(64)57-40(30-34-21-14-13-15-22-34)48(65)55-38(45(53)62)23-16-18-25-51/h13-15,21-22,28-29,37-44,50,58-61H,4-12,16-20,23-27,30-31,51-52H2,1-3H3,(H2,53,62)(H,54,66)(H,55,65)(H,56,63)(H,57,64)/t37-,38-,39+,40-,41-,42-,43+,44-,50+/m0/s1. The Morgan fingerprint density at radius 3 is 1.87 bits per heavy atom. The van der Waals surface area contributed by atoms with Crippen molar-refractivity contribution < 1.29 is 53.9 Å². The molecule has 5 amide bonds. The fourth-order valence-electron chi connectivity index (χ4n) is 8.31. The Balaban J connectivity index is 1.66. The molecule has 9 atom stereocenters. The number of unbranched alkanes of at least 4 members (excludes halogenated alkanes) is 11. The molecule has 0 saturated carbocycles. The molecular formula is C50H81N7O11. The Morgan fingerprint density at radius 2 is 1.25 bits per heavy atom. The number of carbonyl (C=O) groups excluding carboxylic acids is 5. The van der Waals surface area contributed by atoms with Crippen LogP contribution in [0.15, 0.2) is 42.5 Å². The summed E-state index contributed by atoms with van der Waals surface area (Å²) in [5.41, 5.74) is 20.6. The van der Waals surface area contributed by atoms with Gasteiger partial charge in [-0.2, -0.15) is 0 Å². The Kier molecular flexibility index (Phi) is 26.6. The van der Waals surface area contributed by atoms with Crippen molar-refractivity contribution in [2.24, 2.45) is 17.2 Å². The molecule has 18 nitrogen and oxygen atoms in total. The van der Waals surface area contributed by atoms with Gasteiger partial charge in [0.25, 0.3) is 5.91 Å². The van der Waals surface area contributed by atoms with Crippen LogP contribution in [0.5, 0.6) is 5.75 Å². The first-order chi connectivity index (χ1) is 32.6. The molecule has 0 radical (unpaired) electrons. The van der Waals surface area contributed by atoms with Gasteiger partial charge in [0.1, 0.15) is 42.2 Å². The summed E-state index contributed by atoms with van der Waals surface area (Å²) in [6.07, 6.45) is 5.53. The molecule has 1 heterocycles. The first-order valence-corrected chi connectivity index (χ1v) is 24.7. The summed E-state index contributed by atoms with van der Waals surface area (Å²) >= 11 is 0. The normalized spacial score (nSPS) is 19.9. The third kappa shape index (κ3) is 20.1. The molecule has 3 rings (SSSR count). The van der Waals surface area contributed by atoms with Gasteiger partial charge in [-0.05, 0) is 106 Å². The summed E-state index contributed by atoms with van der Waals surface area (Å²) in [6, 6.07) is 7.57. The Hall–Kier alpha value is -4.69. The van der Waals surface area contributed by atoms with Gasteiger partial charge in [-0.3, -0.25) is 24.0 Å². The molecule has 18 heteroatoms. The van der Waals surface area contributed by atoms with Crippen LogP contribution in [0.4, 0.5) is 0 Å². The zero-order valence-corrected chi connectivity index (χ0v) is 40.5. The predicted molar refractivity (Wildman–Crippen MR) is 259 cm³/mol. The smallest absolute Gasteiger partial charge is 0.252 e. The van der Waals surface area contributed by atoms with Crippen molar-refractivity contribution in [3.63, 3.8) is 0 Å². The topological polar surface area (TPSA) is 311 Å². The van der Waals surface area contributed by atoms with E-state index < -0.39 is 84.4 Å². The first-order valence-electron chi connectivity index (χ1n) is 24.7. The van der Waals surface area contributed by atoms with Crippen molar-refractivity contribution in [1.82, 2.24) is 21.3 Å². The molecule has 2 aromatic carbocycles. The number of rotatable bonds is 33. The summed E-state index contributed by atoms with van der Waals surface area (Å²) in [6.45, 7) is 6.46. The lowest BCUT2D eigenvalue weighted by molar-refractivity contribution is -0.290. The van der Waals surface area contributed by atoms with E-state index in [2.05, 4.69) is 28.2 Å². The van der Waals surface area contributed by atoms with Gasteiger partial charge in [0.05, 0.1) is 6.04 Å². The maximum absolute atomic E-state index is 14.2. The minimum absolute atomic E-state index is 0.0441. The molecular weight excluding hydrogens is 875 g/mol. The summed E-state index contributed by atoms with van der Waals surface area (Å²) in [5.74, 6) is -3.40. The maximum atomic E-state index is 14.2. The van der Waals surface area contributed by atoms with E-state index in [1.807, 2.05) is 0 Å². The number of carbonyl (C=O) groups is 5. The molecule has 0 bridgehead atoms. The van der Waals surface area contributed by atoms with Crippen LogP contribution < -0.4 is 38.5 Å². The fourth-order valence-corrected chi connectivity index (χ4v) is 8.31. The van der Waals surface area contributed by atoms with Crippen LogP contribution in [0.25, 0.3) is 0 Å². The van der Waals surface area contributed by atoms with Crippen molar-refractivity contribution in [3.05, 3.63) is 64.7 Å². The van der Waals surface area contributed by atoms with Crippen LogP contribution in [0.2, 0.25) is 0 Å². The van der Waals surface area contributed by atoms with Crippen molar-refractivity contribution in [3.8, 4) is 5.75 Å². The van der Waals surface area contributed by atoms with E-state index in [0.717, 1.165) is 36.0 Å². The highest BCUT2D eigenvalue weighted by molar-refractivity contribution is 5.94. The zero-order valence-electron chi connectivity index (χ0n) is 40.5. The highest BCUT2D eigenvalue weighted by Gasteiger charge is 2.47. The second kappa shape index (κ2) is 31.4. The molecule has 0 aromatic heterocycles. The average Bonchev–Trinajstić information content (AvgIpc) is 3.30. The monoisotopic (exact) mass is 956 g/mol. The van der Waals surface area contributed by atoms with E-state index >= 15 is 0 Å². The van der Waals surface area contributed by atoms with E-state index in [1.54, 1.807) is 56.3 Å². The number of aliphatic hydroxyl groups is 3. The van der Waals surface area contributed by atoms with Gasteiger partial charge in [0.2, 0.25) is 23.6 Å². The molecule has 1 aliphatic rings. The third-order valence-electron chi connectivity index (χ3n) is 12.4. The Labute approximate surface area is 402 Å². The minimum atomic E-state index is -1.73. The fraction of sp³-hybridized carbons (Fsp3) is 0.660. The molecule has 0 aliphatic carbocycles. The molecule has 2 aromatic rings. The zero-order chi connectivity index (χ0) is 50.0. The van der Waals surface area contributed by atoms with Crippen molar-refractivity contribution in [1.29, 1.82) is 0 Å². The molecule has 1 fully saturated rings. The lowest BCUT2D eigenvalue weighted by atomic mass is 9.95. The summed E-state index contributed by atoms with van der Waals surface area (Å²) in [7, 11) is 0. The van der Waals surface area contributed by atoms with Crippen LogP contribution in [0.1, 0.15) is 132 Å². The van der Waals surface area contributed by atoms with Gasteiger partial charge >= 0.3 is 0 Å². The minimum Gasteiger partial charge on any atom is -0.508 e. The largest absolute Gasteiger partial charge is 0.508 e. The number of ether oxygens (including phenoxy) is 2. The highest BCUT2D eigenvalue weighted by Crippen LogP contribution is 2.24. The first kappa shape index (κ1) is 57.6. The number of phenols is 1. The van der Waals surface area contributed by atoms with E-state index in [0.29, 0.717) is 31.4 Å². The van der Waals surface area contributed by atoms with E-state index in [-0.39, 0.29) is 57.4 Å². The summed E-state index contributed by atoms with van der Waals surface area (Å²) in [5, 5.41) is 52.7. The molecule has 0 unspecified atom stereocenters. The molecule has 14 N–H and O–H groups in total. The number of aliphatic hydroxyl groups excluding tert-OH is 3. The number of nitrogens with one attached hydrogen (secondary N) is 4. The van der Waals surface area contributed by atoms with Crippen LogP contribution >= 0.6 is 0 Å². The average molecular weight is 956 g/mol. The Morgan fingerprint density at radius 1 is 0.691 bits per heavy atom. The number of phenolic OH excluding ortho intramolecular Hbond substituents is 1. The molecule has 1 aliphatic heterocycles. The van der Waals surface area contributed by atoms with Crippen LogP contribution in [0.3, 0.4) is 0 Å². The van der Waals surface area contributed by atoms with Crippen molar-refractivity contribution >= 4 is 29.5 Å². The number of nitrogens with two attached hydrogens (primary N) is 3. The van der Waals surface area contributed by atoms with Gasteiger partial charge in [-0.15, -0.1) is 0 Å². The number of hydrogen-bond acceptors (Lipinski definition) is 13. The predicted octanol–water partition coefficient (Wildman–Crippen LogP) is 2.22. The highest BCUT2D eigenvalue weighted by atomic mass is 16.7. The number of aromatic hydroxyl groups is 1. The van der Waals surface area contributed by atoms with Crippen LogP contribution in [-0.2, 0) is 46.3 Å². The second-order valence-electron chi connectivity index (χ2n) is 18.2. The van der Waals surface area contributed by atoms with E-state index in [4.69, 9.17) is 26.7 Å². The van der Waals surface area contributed by atoms with Gasteiger partial charge < -0.3 is 68.4 Å². The SMILES string of the molecule is CCCCCCCCCCCCO[C@@H]1O[C@H](C(=O)NCCCC[C@@H](NC(=O)[C@@H](N)Cc2c(C)cc(O)cc2C)C(=O)N[C@@H](Cc2ccccc2)C(=O)N[C@@H](CCCCN)C(N)=O)[C@@H](O)[C@H](O)[C@H]1O. The number of primary amides is 1. The maximum Gasteiger partial charge on any atom is 0.252 e. The van der Waals surface area contributed by atoms with Gasteiger partial charge in [-0.1, -0.05) is 95.0 Å². The summed E-state index contributed by atoms with van der Waals surface area (Å²) < 4.78 is 11.4. The summed E-state index contributed by atoms with van der Waals surface area (Å²) in [4.78, 5) is 67.3. The van der Waals surface area contributed by atoms with Crippen LogP contribution in [0, 0.1) is 13.8 Å². The van der Waals surface area contributed by atoms with E-state index in [1.165, 1.54) is 38.5 Å². The Bertz CT molecular complexity index is 1820. The van der Waals surface area contributed by atoms with Crippen molar-refractivity contribution in [2.45, 2.75) is 191 Å². The lowest BCUT2D eigenvalue weighted by Gasteiger charge is -2.39. The number of hydrogen-bond donors (Lipinski definition) is 11. The number of benzene rings is 2.